The van der Waals surface area contributed by atoms with E-state index in [2.05, 4.69) is 25.7 Å². The van der Waals surface area contributed by atoms with Crippen molar-refractivity contribution in [1.29, 1.82) is 5.26 Å². The molecule has 1 N–H and O–H groups in total. The standard InChI is InChI=1S/C26H30N4O4Si/c1-17-12-23(33-2)20(19-8-9-29(25(17)19)26(31)32)14-24-28-21-7-6-18(15-27)13-22(21)30(24)16-34-10-11-35(3,4)5/h6-9,12-13H,10-11,14,16H2,1-5H3,(H,31,32). The molecule has 182 valence electrons. The van der Waals surface area contributed by atoms with Gasteiger partial charge in [-0.1, -0.05) is 19.6 Å². The molecule has 0 radical (unpaired) electrons. The van der Waals surface area contributed by atoms with E-state index in [1.807, 2.05) is 29.7 Å². The first-order chi connectivity index (χ1) is 16.6. The summed E-state index contributed by atoms with van der Waals surface area (Å²) in [5.74, 6) is 1.43. The maximum Gasteiger partial charge on any atom is 0.416 e. The number of fused-ring (bicyclic) bond motifs is 2. The molecule has 0 aliphatic carbocycles. The molecule has 0 aliphatic heterocycles. The lowest BCUT2D eigenvalue weighted by molar-refractivity contribution is 0.0881. The minimum Gasteiger partial charge on any atom is -0.496 e. The highest BCUT2D eigenvalue weighted by Gasteiger charge is 2.21. The molecule has 0 atom stereocenters. The summed E-state index contributed by atoms with van der Waals surface area (Å²) in [5.41, 5.74) is 4.47. The van der Waals surface area contributed by atoms with Crippen LogP contribution in [-0.4, -0.2) is 47.1 Å². The molecule has 0 saturated carbocycles. The lowest BCUT2D eigenvalue weighted by atomic mass is 10.0. The van der Waals surface area contributed by atoms with E-state index in [1.165, 1.54) is 4.57 Å². The van der Waals surface area contributed by atoms with Gasteiger partial charge in [0.2, 0.25) is 0 Å². The van der Waals surface area contributed by atoms with E-state index in [1.54, 1.807) is 25.4 Å². The molecular formula is C26H30N4O4Si. The van der Waals surface area contributed by atoms with E-state index >= 15 is 0 Å². The van der Waals surface area contributed by atoms with Crippen molar-refractivity contribution in [2.75, 3.05) is 13.7 Å². The number of imidazole rings is 1. The summed E-state index contributed by atoms with van der Waals surface area (Å²) in [7, 11) is 0.374. The largest absolute Gasteiger partial charge is 0.496 e. The number of hydrogen-bond donors (Lipinski definition) is 1. The number of nitriles is 1. The number of benzene rings is 2. The molecular weight excluding hydrogens is 460 g/mol. The molecule has 2 aromatic heterocycles. The Bertz CT molecular complexity index is 1460. The smallest absolute Gasteiger partial charge is 0.416 e. The van der Waals surface area contributed by atoms with E-state index in [9.17, 15) is 15.2 Å². The minimum atomic E-state index is -1.24. The first kappa shape index (κ1) is 24.5. The minimum absolute atomic E-state index is 0.318. The second-order valence-electron chi connectivity index (χ2n) is 9.90. The maximum absolute atomic E-state index is 11.8. The van der Waals surface area contributed by atoms with Gasteiger partial charge in [0.15, 0.2) is 0 Å². The van der Waals surface area contributed by atoms with E-state index < -0.39 is 14.2 Å². The molecule has 4 rings (SSSR count). The number of nitrogens with zero attached hydrogens (tertiary/aromatic N) is 4. The van der Waals surface area contributed by atoms with Crippen LogP contribution in [0, 0.1) is 18.3 Å². The Balaban J connectivity index is 1.81. The number of rotatable bonds is 8. The van der Waals surface area contributed by atoms with Crippen molar-refractivity contribution in [1.82, 2.24) is 14.1 Å². The molecule has 9 heteroatoms. The summed E-state index contributed by atoms with van der Waals surface area (Å²) in [5, 5.41) is 19.9. The van der Waals surface area contributed by atoms with Gasteiger partial charge in [-0.15, -0.1) is 0 Å². The highest BCUT2D eigenvalue weighted by atomic mass is 28.3. The molecule has 2 aromatic carbocycles. The average Bonchev–Trinajstić information content (AvgIpc) is 3.39. The van der Waals surface area contributed by atoms with Crippen LogP contribution in [0.3, 0.4) is 0 Å². The molecule has 0 saturated heterocycles. The summed E-state index contributed by atoms with van der Waals surface area (Å²) in [6.07, 6.45) is 0.939. The summed E-state index contributed by atoms with van der Waals surface area (Å²) in [6, 6.07) is 12.4. The van der Waals surface area contributed by atoms with Crippen LogP contribution in [0.15, 0.2) is 36.5 Å². The van der Waals surface area contributed by atoms with Gasteiger partial charge < -0.3 is 19.1 Å². The maximum atomic E-state index is 11.8. The fraction of sp³-hybridized carbons (Fsp3) is 0.346. The van der Waals surface area contributed by atoms with Gasteiger partial charge in [0.25, 0.3) is 0 Å². The lowest BCUT2D eigenvalue weighted by Crippen LogP contribution is -2.22. The Morgan fingerprint density at radius 3 is 2.66 bits per heavy atom. The number of ether oxygens (including phenoxy) is 2. The molecule has 8 nitrogen and oxygen atoms in total. The van der Waals surface area contributed by atoms with Crippen LogP contribution in [-0.2, 0) is 17.9 Å². The van der Waals surface area contributed by atoms with Gasteiger partial charge in [-0.25, -0.2) is 9.78 Å². The molecule has 0 unspecified atom stereocenters. The third kappa shape index (κ3) is 4.94. The number of aromatic nitrogens is 3. The normalized spacial score (nSPS) is 11.8. The zero-order valence-electron chi connectivity index (χ0n) is 20.8. The molecule has 0 bridgehead atoms. The highest BCUT2D eigenvalue weighted by molar-refractivity contribution is 6.76. The van der Waals surface area contributed by atoms with E-state index in [0.717, 1.165) is 39.4 Å². The van der Waals surface area contributed by atoms with Crippen LogP contribution in [0.5, 0.6) is 5.75 Å². The van der Waals surface area contributed by atoms with Crippen molar-refractivity contribution in [2.45, 2.75) is 45.8 Å². The number of carbonyl (C=O) groups is 1. The Kier molecular flexibility index (Phi) is 6.70. The van der Waals surface area contributed by atoms with Crippen LogP contribution < -0.4 is 4.74 Å². The van der Waals surface area contributed by atoms with Crippen LogP contribution in [0.4, 0.5) is 4.79 Å². The summed E-state index contributed by atoms with van der Waals surface area (Å²) >= 11 is 0. The number of hydrogen-bond acceptors (Lipinski definition) is 5. The Morgan fingerprint density at radius 1 is 1.23 bits per heavy atom. The quantitative estimate of drug-likeness (QED) is 0.254. The molecule has 0 spiro atoms. The van der Waals surface area contributed by atoms with E-state index in [-0.39, 0.29) is 0 Å². The first-order valence-electron chi connectivity index (χ1n) is 11.5. The molecule has 0 amide bonds. The fourth-order valence-corrected chi connectivity index (χ4v) is 5.06. The average molecular weight is 491 g/mol. The van der Waals surface area contributed by atoms with Crippen molar-refractivity contribution in [3.63, 3.8) is 0 Å². The van der Waals surface area contributed by atoms with Gasteiger partial charge in [-0.3, -0.25) is 4.57 Å². The van der Waals surface area contributed by atoms with E-state index in [4.69, 9.17) is 14.5 Å². The predicted octanol–water partition coefficient (Wildman–Crippen LogP) is 5.61. The topological polar surface area (TPSA) is 102 Å². The van der Waals surface area contributed by atoms with Gasteiger partial charge in [-0.2, -0.15) is 5.26 Å². The van der Waals surface area contributed by atoms with Crippen LogP contribution in [0.2, 0.25) is 25.7 Å². The Hall–Kier alpha value is -3.61. The molecule has 0 aliphatic rings. The molecule has 35 heavy (non-hydrogen) atoms. The third-order valence-corrected chi connectivity index (χ3v) is 7.87. The summed E-state index contributed by atoms with van der Waals surface area (Å²) < 4.78 is 15.0. The zero-order chi connectivity index (χ0) is 25.3. The Labute approximate surface area is 205 Å². The lowest BCUT2D eigenvalue weighted by Gasteiger charge is -2.17. The predicted molar refractivity (Wildman–Crippen MR) is 138 cm³/mol. The second-order valence-corrected chi connectivity index (χ2v) is 15.5. The molecule has 4 aromatic rings. The highest BCUT2D eigenvalue weighted by Crippen LogP contribution is 2.34. The Morgan fingerprint density at radius 2 is 2.00 bits per heavy atom. The number of carboxylic acid groups (broad SMARTS) is 1. The van der Waals surface area contributed by atoms with Crippen molar-refractivity contribution < 1.29 is 19.4 Å². The van der Waals surface area contributed by atoms with Crippen molar-refractivity contribution in [3.8, 4) is 11.8 Å². The van der Waals surface area contributed by atoms with Crippen LogP contribution in [0.25, 0.3) is 21.9 Å². The number of methoxy groups -OCH3 is 1. The SMILES string of the molecule is COc1cc(C)c2c(ccn2C(=O)O)c1Cc1nc2ccc(C#N)cc2n1COCC[Si](C)(C)C. The molecule has 2 heterocycles. The molecule has 0 fully saturated rings. The summed E-state index contributed by atoms with van der Waals surface area (Å²) in [6.45, 7) is 9.79. The van der Waals surface area contributed by atoms with Gasteiger partial charge in [-0.05, 0) is 48.9 Å². The van der Waals surface area contributed by atoms with Gasteiger partial charge in [0.05, 0.1) is 35.3 Å². The fourth-order valence-electron chi connectivity index (χ4n) is 4.30. The first-order valence-corrected chi connectivity index (χ1v) is 15.2. The van der Waals surface area contributed by atoms with Crippen molar-refractivity contribution in [2.24, 2.45) is 0 Å². The van der Waals surface area contributed by atoms with Crippen LogP contribution >= 0.6 is 0 Å². The van der Waals surface area contributed by atoms with Crippen molar-refractivity contribution >= 4 is 36.1 Å². The van der Waals surface area contributed by atoms with Crippen molar-refractivity contribution in [3.05, 3.63) is 59.0 Å². The zero-order valence-corrected chi connectivity index (χ0v) is 21.8. The monoisotopic (exact) mass is 490 g/mol. The van der Waals surface area contributed by atoms with Gasteiger partial charge in [0, 0.05) is 38.2 Å². The van der Waals surface area contributed by atoms with Gasteiger partial charge in [0.1, 0.15) is 18.3 Å². The second kappa shape index (κ2) is 9.56. The van der Waals surface area contributed by atoms with Crippen LogP contribution in [0.1, 0.15) is 22.5 Å². The van der Waals surface area contributed by atoms with Gasteiger partial charge >= 0.3 is 6.09 Å². The summed E-state index contributed by atoms with van der Waals surface area (Å²) in [4.78, 5) is 16.6. The third-order valence-electron chi connectivity index (χ3n) is 6.16. The number of aryl methyl sites for hydroxylation is 1. The van der Waals surface area contributed by atoms with E-state index in [0.29, 0.717) is 36.6 Å².